The van der Waals surface area contributed by atoms with E-state index in [4.69, 9.17) is 11.6 Å². The minimum atomic E-state index is -0.622. The molecule has 4 rings (SSSR count). The van der Waals surface area contributed by atoms with Crippen molar-refractivity contribution in [3.63, 3.8) is 0 Å². The number of benzene rings is 2. The van der Waals surface area contributed by atoms with Gasteiger partial charge in [-0.1, -0.05) is 42.0 Å². The molecule has 0 aliphatic heterocycles. The van der Waals surface area contributed by atoms with E-state index in [0.29, 0.717) is 17.1 Å². The second-order valence-electron chi connectivity index (χ2n) is 6.48. The maximum atomic E-state index is 12.7. The predicted molar refractivity (Wildman–Crippen MR) is 114 cm³/mol. The lowest BCUT2D eigenvalue weighted by atomic mass is 10.1. The quantitative estimate of drug-likeness (QED) is 0.358. The molecule has 0 unspecified atom stereocenters. The van der Waals surface area contributed by atoms with Crippen LogP contribution in [0.3, 0.4) is 0 Å². The van der Waals surface area contributed by atoms with Gasteiger partial charge in [0.2, 0.25) is 4.96 Å². The Kier molecular flexibility index (Phi) is 5.18. The summed E-state index contributed by atoms with van der Waals surface area (Å²) in [5, 5.41) is 27.4. The first kappa shape index (κ1) is 19.9. The Morgan fingerprint density at radius 1 is 1.27 bits per heavy atom. The van der Waals surface area contributed by atoms with E-state index >= 15 is 0 Å². The van der Waals surface area contributed by atoms with Crippen molar-refractivity contribution in [2.24, 2.45) is 0 Å². The molecule has 0 saturated heterocycles. The molecule has 1 N–H and O–H groups in total. The standard InChI is InChI=1S/C19H15ClN6O3S/c1-3-16-22-23-19-25(16)24-18(30-19)12-5-4-10(2)14(8-12)21-17(27)11-6-7-13(20)15(9-11)26(28)29/h4-9H,3H2,1-2H3,(H,21,27). The van der Waals surface area contributed by atoms with Crippen molar-refractivity contribution in [2.45, 2.75) is 20.3 Å². The number of amides is 1. The molecular formula is C19H15ClN6O3S. The summed E-state index contributed by atoms with van der Waals surface area (Å²) in [4.78, 5) is 23.8. The fourth-order valence-electron chi connectivity index (χ4n) is 2.87. The van der Waals surface area contributed by atoms with Gasteiger partial charge in [0.05, 0.1) is 4.92 Å². The smallest absolute Gasteiger partial charge is 0.288 e. The Morgan fingerprint density at radius 2 is 2.07 bits per heavy atom. The van der Waals surface area contributed by atoms with Crippen molar-refractivity contribution in [2.75, 3.05) is 5.32 Å². The van der Waals surface area contributed by atoms with E-state index in [2.05, 4.69) is 20.6 Å². The van der Waals surface area contributed by atoms with Gasteiger partial charge in [-0.15, -0.1) is 10.2 Å². The van der Waals surface area contributed by atoms with Crippen LogP contribution in [0.5, 0.6) is 0 Å². The number of nitrogens with zero attached hydrogens (tertiary/aromatic N) is 5. The molecule has 0 radical (unpaired) electrons. The number of carbonyl (C=O) groups excluding carboxylic acids is 1. The van der Waals surface area contributed by atoms with Gasteiger partial charge >= 0.3 is 0 Å². The SMILES string of the molecule is CCc1nnc2sc(-c3ccc(C)c(NC(=O)c4ccc(Cl)c([N+](=O)[O-])c4)c3)nn12. The normalized spacial score (nSPS) is 11.0. The third kappa shape index (κ3) is 3.62. The van der Waals surface area contributed by atoms with E-state index in [9.17, 15) is 14.9 Å². The summed E-state index contributed by atoms with van der Waals surface area (Å²) in [6.07, 6.45) is 0.715. The predicted octanol–water partition coefficient (Wildman–Crippen LogP) is 4.54. The van der Waals surface area contributed by atoms with Crippen LogP contribution in [0.2, 0.25) is 5.02 Å². The highest BCUT2D eigenvalue weighted by atomic mass is 35.5. The number of hydrogen-bond acceptors (Lipinski definition) is 7. The minimum Gasteiger partial charge on any atom is -0.322 e. The molecule has 0 bridgehead atoms. The maximum absolute atomic E-state index is 12.7. The monoisotopic (exact) mass is 442 g/mol. The molecule has 2 heterocycles. The molecule has 1 amide bonds. The molecular weight excluding hydrogens is 428 g/mol. The van der Waals surface area contributed by atoms with E-state index in [1.54, 1.807) is 4.52 Å². The third-order valence-corrected chi connectivity index (χ3v) is 5.78. The van der Waals surface area contributed by atoms with E-state index in [0.717, 1.165) is 28.0 Å². The van der Waals surface area contributed by atoms with Crippen molar-refractivity contribution < 1.29 is 9.72 Å². The fraction of sp³-hybridized carbons (Fsp3) is 0.158. The molecule has 2 aromatic heterocycles. The lowest BCUT2D eigenvalue weighted by molar-refractivity contribution is -0.384. The summed E-state index contributed by atoms with van der Waals surface area (Å²) in [7, 11) is 0. The molecule has 4 aromatic rings. The van der Waals surface area contributed by atoms with Crippen LogP contribution in [0.4, 0.5) is 11.4 Å². The molecule has 11 heteroatoms. The Morgan fingerprint density at radius 3 is 2.80 bits per heavy atom. The highest BCUT2D eigenvalue weighted by Gasteiger charge is 2.18. The van der Waals surface area contributed by atoms with Crippen LogP contribution in [0.25, 0.3) is 15.5 Å². The first-order valence-corrected chi connectivity index (χ1v) is 10.1. The number of carbonyl (C=O) groups is 1. The van der Waals surface area contributed by atoms with Crippen molar-refractivity contribution in [1.29, 1.82) is 0 Å². The highest BCUT2D eigenvalue weighted by molar-refractivity contribution is 7.19. The average molecular weight is 443 g/mol. The van der Waals surface area contributed by atoms with Gasteiger partial charge in [0.15, 0.2) is 5.82 Å². The number of nitrogens with one attached hydrogen (secondary N) is 1. The van der Waals surface area contributed by atoms with Gasteiger partial charge in [-0.2, -0.15) is 9.61 Å². The molecule has 0 atom stereocenters. The second-order valence-corrected chi connectivity index (χ2v) is 7.84. The summed E-state index contributed by atoms with van der Waals surface area (Å²) in [6.45, 7) is 3.84. The van der Waals surface area contributed by atoms with E-state index in [1.807, 2.05) is 32.0 Å². The second kappa shape index (κ2) is 7.81. The molecule has 0 aliphatic carbocycles. The summed E-state index contributed by atoms with van der Waals surface area (Å²) < 4.78 is 1.71. The van der Waals surface area contributed by atoms with Gasteiger partial charge in [-0.3, -0.25) is 14.9 Å². The molecule has 0 aliphatic rings. The first-order chi connectivity index (χ1) is 14.4. The molecule has 0 spiro atoms. The van der Waals surface area contributed by atoms with Gasteiger partial charge in [0, 0.05) is 29.3 Å². The van der Waals surface area contributed by atoms with E-state index in [-0.39, 0.29) is 16.3 Å². The van der Waals surface area contributed by atoms with Crippen LogP contribution >= 0.6 is 22.9 Å². The molecule has 2 aromatic carbocycles. The average Bonchev–Trinajstić information content (AvgIpc) is 3.30. The van der Waals surface area contributed by atoms with E-state index in [1.165, 1.54) is 23.5 Å². The third-order valence-electron chi connectivity index (χ3n) is 4.51. The van der Waals surface area contributed by atoms with Gasteiger partial charge in [-0.05, 0) is 30.7 Å². The lowest BCUT2D eigenvalue weighted by Gasteiger charge is -2.10. The number of anilines is 1. The number of aryl methyl sites for hydroxylation is 2. The van der Waals surface area contributed by atoms with Crippen molar-refractivity contribution in [3.8, 4) is 10.6 Å². The molecule has 9 nitrogen and oxygen atoms in total. The molecule has 0 fully saturated rings. The van der Waals surface area contributed by atoms with Gasteiger partial charge in [0.1, 0.15) is 10.0 Å². The van der Waals surface area contributed by atoms with Crippen molar-refractivity contribution >= 4 is 45.2 Å². The summed E-state index contributed by atoms with van der Waals surface area (Å²) in [5.74, 6) is 0.305. The minimum absolute atomic E-state index is 0.0237. The summed E-state index contributed by atoms with van der Waals surface area (Å²) in [5.41, 5.74) is 2.06. The molecule has 0 saturated carbocycles. The number of rotatable bonds is 5. The maximum Gasteiger partial charge on any atom is 0.288 e. The zero-order chi connectivity index (χ0) is 21.4. The fourth-order valence-corrected chi connectivity index (χ4v) is 3.91. The van der Waals surface area contributed by atoms with Gasteiger partial charge in [-0.25, -0.2) is 0 Å². The Labute approximate surface area is 179 Å². The van der Waals surface area contributed by atoms with Crippen LogP contribution in [-0.4, -0.2) is 30.6 Å². The van der Waals surface area contributed by atoms with Crippen molar-refractivity contribution in [1.82, 2.24) is 19.8 Å². The Balaban J connectivity index is 1.65. The summed E-state index contributed by atoms with van der Waals surface area (Å²) in [6, 6.07) is 9.54. The van der Waals surface area contributed by atoms with Crippen LogP contribution in [0, 0.1) is 17.0 Å². The van der Waals surface area contributed by atoms with Crippen molar-refractivity contribution in [3.05, 3.63) is 68.5 Å². The number of hydrogen-bond donors (Lipinski definition) is 1. The van der Waals surface area contributed by atoms with Crippen LogP contribution < -0.4 is 5.32 Å². The van der Waals surface area contributed by atoms with Crippen LogP contribution in [-0.2, 0) is 6.42 Å². The Hall–Kier alpha value is -3.37. The largest absolute Gasteiger partial charge is 0.322 e. The number of nitro groups is 1. The van der Waals surface area contributed by atoms with Gasteiger partial charge in [0.25, 0.3) is 11.6 Å². The zero-order valence-corrected chi connectivity index (χ0v) is 17.5. The highest BCUT2D eigenvalue weighted by Crippen LogP contribution is 2.30. The number of nitro benzene ring substituents is 1. The zero-order valence-electron chi connectivity index (χ0n) is 15.9. The molecule has 152 valence electrons. The van der Waals surface area contributed by atoms with Crippen LogP contribution in [0.1, 0.15) is 28.7 Å². The Bertz CT molecular complexity index is 1300. The summed E-state index contributed by atoms with van der Waals surface area (Å²) >= 11 is 7.22. The van der Waals surface area contributed by atoms with E-state index < -0.39 is 10.8 Å². The first-order valence-electron chi connectivity index (χ1n) is 8.94. The number of aromatic nitrogens is 4. The lowest BCUT2D eigenvalue weighted by Crippen LogP contribution is -2.13. The topological polar surface area (TPSA) is 115 Å². The van der Waals surface area contributed by atoms with Crippen LogP contribution in [0.15, 0.2) is 36.4 Å². The molecule has 30 heavy (non-hydrogen) atoms. The number of halogens is 1. The number of fused-ring (bicyclic) bond motifs is 1. The van der Waals surface area contributed by atoms with Gasteiger partial charge < -0.3 is 5.32 Å².